The highest BCUT2D eigenvalue weighted by molar-refractivity contribution is 6.11. The van der Waals surface area contributed by atoms with Crippen LogP contribution >= 0.6 is 0 Å². The van der Waals surface area contributed by atoms with Crippen molar-refractivity contribution >= 4 is 23.1 Å². The largest absolute Gasteiger partial charge is 0.633 e. The monoisotopic (exact) mass is 385 g/mol. The van der Waals surface area contributed by atoms with Crippen LogP contribution in [0, 0.1) is 11.0 Å². The molecule has 28 heavy (non-hydrogen) atoms. The third kappa shape index (κ3) is 3.39. The topological polar surface area (TPSA) is 121 Å². The molecule has 3 N–H and O–H groups in total. The third-order valence-electron chi connectivity index (χ3n) is 5.03. The van der Waals surface area contributed by atoms with Gasteiger partial charge in [-0.15, -0.1) is 5.10 Å². The van der Waals surface area contributed by atoms with Gasteiger partial charge < -0.3 is 20.9 Å². The first-order chi connectivity index (χ1) is 13.3. The van der Waals surface area contributed by atoms with Gasteiger partial charge in [-0.2, -0.15) is 0 Å². The molecule has 2 atom stereocenters. The fraction of sp³-hybridized carbons (Fsp3) is 0.333. The van der Waals surface area contributed by atoms with E-state index in [1.165, 1.54) is 0 Å². The van der Waals surface area contributed by atoms with Crippen molar-refractivity contribution < 1.29 is 13.8 Å². The van der Waals surface area contributed by atoms with Gasteiger partial charge in [0, 0.05) is 12.1 Å². The fourth-order valence-electron chi connectivity index (χ4n) is 3.77. The first-order valence-corrected chi connectivity index (χ1v) is 8.94. The summed E-state index contributed by atoms with van der Waals surface area (Å²) < 4.78 is 14.2. The van der Waals surface area contributed by atoms with Crippen molar-refractivity contribution in [3.05, 3.63) is 53.0 Å². The lowest BCUT2D eigenvalue weighted by atomic mass is 9.90. The molecular weight excluding hydrogens is 365 g/mol. The van der Waals surface area contributed by atoms with Gasteiger partial charge in [0.15, 0.2) is 17.3 Å². The molecule has 1 fully saturated rings. The van der Waals surface area contributed by atoms with Gasteiger partial charge in [-0.25, -0.2) is 13.9 Å². The number of fused-ring (bicyclic) bond motifs is 1. The molecule has 146 valence electrons. The van der Waals surface area contributed by atoms with Crippen LogP contribution in [0.3, 0.4) is 0 Å². The molecule has 1 saturated heterocycles. The summed E-state index contributed by atoms with van der Waals surface area (Å²) >= 11 is 0. The Balaban J connectivity index is 1.65. The maximum absolute atomic E-state index is 13.3. The molecule has 4 heterocycles. The first kappa shape index (κ1) is 18.3. The van der Waals surface area contributed by atoms with Gasteiger partial charge in [0.2, 0.25) is 0 Å². The number of amides is 1. The summed E-state index contributed by atoms with van der Waals surface area (Å²) in [6, 6.07) is 1.82. The van der Waals surface area contributed by atoms with Gasteiger partial charge in [-0.3, -0.25) is 9.78 Å². The van der Waals surface area contributed by atoms with E-state index in [-0.39, 0.29) is 27.6 Å². The predicted molar refractivity (Wildman–Crippen MR) is 101 cm³/mol. The number of hydrogen-bond acceptors (Lipinski definition) is 6. The van der Waals surface area contributed by atoms with Crippen LogP contribution in [0.15, 0.2) is 30.9 Å². The van der Waals surface area contributed by atoms with E-state index < -0.39 is 11.7 Å². The highest BCUT2D eigenvalue weighted by atomic mass is 19.1. The van der Waals surface area contributed by atoms with E-state index in [1.54, 1.807) is 19.4 Å². The summed E-state index contributed by atoms with van der Waals surface area (Å²) in [5.74, 6) is -1.14. The molecule has 0 radical (unpaired) electrons. The third-order valence-corrected chi connectivity index (χ3v) is 5.03. The van der Waals surface area contributed by atoms with Crippen molar-refractivity contribution in [3.8, 4) is 0 Å². The molecule has 0 aromatic carbocycles. The summed E-state index contributed by atoms with van der Waals surface area (Å²) in [6.07, 6.45) is 6.96. The van der Waals surface area contributed by atoms with E-state index in [0.717, 1.165) is 35.3 Å². The van der Waals surface area contributed by atoms with Crippen LogP contribution in [0.5, 0.6) is 0 Å². The standard InChI is InChI=1S/C18H20FN7O2/c1-26(28)6-2-3-11(10-26)13-4-5-21-8-14(13)23-18(27)15-16(20)24-25-9-12(19)7-22-17(15)25/h4-5,7-9,11H,2-3,6,10H2,1H3,(H2,20,24)(H,23,27). The quantitative estimate of drug-likeness (QED) is 0.525. The SMILES string of the molecule is C[N+]1([O-])CCCC(c2ccncc2NC(=O)c2c(N)nn3cc(F)cnc23)C1. The zero-order valence-corrected chi connectivity index (χ0v) is 15.3. The van der Waals surface area contributed by atoms with Crippen LogP contribution < -0.4 is 11.1 Å². The second-order valence-corrected chi connectivity index (χ2v) is 7.26. The number of carbonyl (C=O) groups is 1. The van der Waals surface area contributed by atoms with Crippen LogP contribution in [0.1, 0.15) is 34.7 Å². The van der Waals surface area contributed by atoms with Crippen LogP contribution in [0.4, 0.5) is 15.9 Å². The minimum atomic E-state index is -0.590. The number of halogens is 1. The molecule has 0 bridgehead atoms. The molecule has 0 spiro atoms. The minimum absolute atomic E-state index is 0.0167. The van der Waals surface area contributed by atoms with Gasteiger partial charge in [-0.1, -0.05) is 0 Å². The maximum atomic E-state index is 13.3. The van der Waals surface area contributed by atoms with Crippen molar-refractivity contribution in [2.24, 2.45) is 0 Å². The second kappa shape index (κ2) is 6.80. The summed E-state index contributed by atoms with van der Waals surface area (Å²) in [4.78, 5) is 20.9. The van der Waals surface area contributed by atoms with Crippen molar-refractivity contribution in [2.45, 2.75) is 18.8 Å². The Labute approximate surface area is 160 Å². The van der Waals surface area contributed by atoms with Crippen LogP contribution in [-0.2, 0) is 0 Å². The second-order valence-electron chi connectivity index (χ2n) is 7.26. The number of pyridine rings is 1. The number of hydrogen-bond donors (Lipinski definition) is 2. The molecule has 10 heteroatoms. The Kier molecular flexibility index (Phi) is 4.44. The average molecular weight is 385 g/mol. The number of rotatable bonds is 3. The number of nitrogens with one attached hydrogen (secondary N) is 1. The molecular formula is C18H20FN7O2. The molecule has 0 aliphatic carbocycles. The van der Waals surface area contributed by atoms with Gasteiger partial charge in [0.05, 0.1) is 44.4 Å². The summed E-state index contributed by atoms with van der Waals surface area (Å²) in [7, 11) is 1.66. The number of nitrogens with zero attached hydrogens (tertiary/aromatic N) is 5. The fourth-order valence-corrected chi connectivity index (χ4v) is 3.77. The number of piperidine rings is 1. The highest BCUT2D eigenvalue weighted by Gasteiger charge is 2.29. The number of likely N-dealkylation sites (N-methyl/N-ethyl adjacent to an activating group) is 1. The Morgan fingerprint density at radius 1 is 1.46 bits per heavy atom. The number of carbonyl (C=O) groups excluding carboxylic acids is 1. The number of hydroxylamine groups is 3. The number of nitrogens with two attached hydrogens (primary N) is 1. The van der Waals surface area contributed by atoms with E-state index >= 15 is 0 Å². The highest BCUT2D eigenvalue weighted by Crippen LogP contribution is 2.33. The van der Waals surface area contributed by atoms with Crippen LogP contribution in [0.2, 0.25) is 0 Å². The van der Waals surface area contributed by atoms with Crippen LogP contribution in [-0.4, -0.2) is 50.3 Å². The normalized spacial score (nSPS) is 22.3. The zero-order chi connectivity index (χ0) is 19.9. The van der Waals surface area contributed by atoms with Crippen molar-refractivity contribution in [1.82, 2.24) is 19.6 Å². The molecule has 1 amide bonds. The summed E-state index contributed by atoms with van der Waals surface area (Å²) in [5, 5.41) is 19.2. The van der Waals surface area contributed by atoms with E-state index in [1.807, 2.05) is 6.07 Å². The van der Waals surface area contributed by atoms with E-state index in [2.05, 4.69) is 20.4 Å². The number of quaternary nitrogens is 1. The Hall–Kier alpha value is -3.11. The molecule has 2 unspecified atom stereocenters. The van der Waals surface area contributed by atoms with Crippen molar-refractivity contribution in [1.29, 1.82) is 0 Å². The van der Waals surface area contributed by atoms with Crippen molar-refractivity contribution in [3.63, 3.8) is 0 Å². The van der Waals surface area contributed by atoms with E-state index in [9.17, 15) is 14.4 Å². The lowest BCUT2D eigenvalue weighted by Crippen LogP contribution is -2.45. The first-order valence-electron chi connectivity index (χ1n) is 8.94. The Morgan fingerprint density at radius 3 is 3.07 bits per heavy atom. The van der Waals surface area contributed by atoms with Gasteiger partial charge in [0.25, 0.3) is 5.91 Å². The van der Waals surface area contributed by atoms with Gasteiger partial charge >= 0.3 is 0 Å². The van der Waals surface area contributed by atoms with Gasteiger partial charge in [-0.05, 0) is 24.5 Å². The molecule has 4 rings (SSSR count). The van der Waals surface area contributed by atoms with E-state index in [0.29, 0.717) is 18.8 Å². The predicted octanol–water partition coefficient (Wildman–Crippen LogP) is 1.92. The number of nitrogen functional groups attached to an aromatic ring is 1. The smallest absolute Gasteiger partial charge is 0.263 e. The number of anilines is 2. The maximum Gasteiger partial charge on any atom is 0.263 e. The van der Waals surface area contributed by atoms with E-state index in [4.69, 9.17) is 5.73 Å². The number of aromatic nitrogens is 4. The van der Waals surface area contributed by atoms with Crippen molar-refractivity contribution in [2.75, 3.05) is 31.2 Å². The summed E-state index contributed by atoms with van der Waals surface area (Å²) in [6.45, 7) is 1.02. The molecule has 9 nitrogen and oxygen atoms in total. The average Bonchev–Trinajstić information content (AvgIpc) is 2.96. The molecule has 1 aliphatic rings. The Morgan fingerprint density at radius 2 is 2.29 bits per heavy atom. The zero-order valence-electron chi connectivity index (χ0n) is 15.3. The Bertz CT molecular complexity index is 1050. The molecule has 3 aromatic heterocycles. The number of likely N-dealkylation sites (tertiary alicyclic amines) is 1. The molecule has 0 saturated carbocycles. The van der Waals surface area contributed by atoms with Crippen LogP contribution in [0.25, 0.3) is 5.65 Å². The molecule has 3 aromatic rings. The lowest BCUT2D eigenvalue weighted by Gasteiger charge is -2.45. The summed E-state index contributed by atoms with van der Waals surface area (Å²) in [5.41, 5.74) is 7.45. The minimum Gasteiger partial charge on any atom is -0.633 e. The lowest BCUT2D eigenvalue weighted by molar-refractivity contribution is -0.867. The molecule has 1 aliphatic heterocycles. The van der Waals surface area contributed by atoms with Gasteiger partial charge in [0.1, 0.15) is 5.56 Å².